The highest BCUT2D eigenvalue weighted by Crippen LogP contribution is 2.25. The summed E-state index contributed by atoms with van der Waals surface area (Å²) in [6.45, 7) is 2.07. The maximum Gasteiger partial charge on any atom is 0.243 e. The molecule has 30 heavy (non-hydrogen) atoms. The van der Waals surface area contributed by atoms with Crippen LogP contribution in [0.1, 0.15) is 50.2 Å². The number of nitrogens with one attached hydrogen (secondary N) is 1. The van der Waals surface area contributed by atoms with Crippen LogP contribution in [0, 0.1) is 0 Å². The van der Waals surface area contributed by atoms with E-state index in [1.165, 1.54) is 0 Å². The molecule has 1 saturated carbocycles. The molecule has 160 valence electrons. The lowest BCUT2D eigenvalue weighted by molar-refractivity contribution is -0.141. The maximum atomic E-state index is 13.3. The minimum atomic E-state index is -0.604. The van der Waals surface area contributed by atoms with Gasteiger partial charge in [0.05, 0.1) is 0 Å². The Hall–Kier alpha value is -2.04. The van der Waals surface area contributed by atoms with Gasteiger partial charge in [-0.15, -0.1) is 0 Å². The normalized spacial score (nSPS) is 15.0. The van der Waals surface area contributed by atoms with Crippen LogP contribution in [0.5, 0.6) is 0 Å². The van der Waals surface area contributed by atoms with Crippen LogP contribution in [-0.2, 0) is 22.6 Å². The summed E-state index contributed by atoms with van der Waals surface area (Å²) in [6.07, 6.45) is 5.02. The van der Waals surface area contributed by atoms with Crippen molar-refractivity contribution < 1.29 is 9.59 Å². The number of hydrogen-bond acceptors (Lipinski definition) is 2. The zero-order chi connectivity index (χ0) is 21.5. The SMILES string of the molecule is CCC(=O)N(Cc1ccc(Cl)cc1Cl)C(Cc1ccccc1)C(=O)NC1CCCC1. The molecule has 2 aromatic carbocycles. The maximum absolute atomic E-state index is 13.3. The van der Waals surface area contributed by atoms with Crippen LogP contribution < -0.4 is 5.32 Å². The molecular weight excluding hydrogens is 419 g/mol. The van der Waals surface area contributed by atoms with E-state index in [0.29, 0.717) is 22.9 Å². The van der Waals surface area contributed by atoms with Crippen molar-refractivity contribution in [3.05, 3.63) is 69.7 Å². The molecule has 1 unspecified atom stereocenters. The van der Waals surface area contributed by atoms with Gasteiger partial charge in [-0.1, -0.05) is 79.4 Å². The summed E-state index contributed by atoms with van der Waals surface area (Å²) in [5, 5.41) is 4.21. The van der Waals surface area contributed by atoms with E-state index in [0.717, 1.165) is 36.8 Å². The Kier molecular flexibility index (Phi) is 8.17. The van der Waals surface area contributed by atoms with Crippen LogP contribution in [-0.4, -0.2) is 28.8 Å². The number of rotatable bonds is 8. The van der Waals surface area contributed by atoms with Crippen molar-refractivity contribution in [2.45, 2.75) is 64.1 Å². The summed E-state index contributed by atoms with van der Waals surface area (Å²) < 4.78 is 0. The highest BCUT2D eigenvalue weighted by molar-refractivity contribution is 6.35. The van der Waals surface area contributed by atoms with Crippen molar-refractivity contribution in [1.82, 2.24) is 10.2 Å². The number of benzene rings is 2. The molecule has 2 aromatic rings. The molecule has 0 heterocycles. The molecule has 1 N–H and O–H groups in total. The molecular formula is C24H28Cl2N2O2. The van der Waals surface area contributed by atoms with Crippen molar-refractivity contribution in [1.29, 1.82) is 0 Å². The van der Waals surface area contributed by atoms with Crippen LogP contribution in [0.4, 0.5) is 0 Å². The largest absolute Gasteiger partial charge is 0.352 e. The van der Waals surface area contributed by atoms with Gasteiger partial charge in [-0.3, -0.25) is 9.59 Å². The molecule has 1 aliphatic carbocycles. The van der Waals surface area contributed by atoms with Crippen LogP contribution in [0.15, 0.2) is 48.5 Å². The van der Waals surface area contributed by atoms with Crippen molar-refractivity contribution in [2.75, 3.05) is 0 Å². The van der Waals surface area contributed by atoms with Gasteiger partial charge in [0, 0.05) is 35.5 Å². The fourth-order valence-corrected chi connectivity index (χ4v) is 4.43. The molecule has 6 heteroatoms. The molecule has 0 spiro atoms. The number of nitrogens with zero attached hydrogens (tertiary/aromatic N) is 1. The molecule has 0 bridgehead atoms. The van der Waals surface area contributed by atoms with E-state index in [1.807, 2.05) is 43.3 Å². The smallest absolute Gasteiger partial charge is 0.243 e. The highest BCUT2D eigenvalue weighted by Gasteiger charge is 2.31. The Balaban J connectivity index is 1.90. The van der Waals surface area contributed by atoms with Crippen LogP contribution >= 0.6 is 23.2 Å². The van der Waals surface area contributed by atoms with Crippen LogP contribution in [0.3, 0.4) is 0 Å². The second kappa shape index (κ2) is 10.8. The van der Waals surface area contributed by atoms with Crippen LogP contribution in [0.2, 0.25) is 10.0 Å². The molecule has 2 amide bonds. The highest BCUT2D eigenvalue weighted by atomic mass is 35.5. The van der Waals surface area contributed by atoms with Gasteiger partial charge in [0.1, 0.15) is 6.04 Å². The zero-order valence-corrected chi connectivity index (χ0v) is 18.8. The van der Waals surface area contributed by atoms with Gasteiger partial charge in [-0.25, -0.2) is 0 Å². The van der Waals surface area contributed by atoms with Gasteiger partial charge in [0.2, 0.25) is 11.8 Å². The first-order valence-electron chi connectivity index (χ1n) is 10.6. The van der Waals surface area contributed by atoms with Gasteiger partial charge in [-0.2, -0.15) is 0 Å². The van der Waals surface area contributed by atoms with Crippen molar-refractivity contribution in [3.63, 3.8) is 0 Å². The first kappa shape index (κ1) is 22.6. The fraction of sp³-hybridized carbons (Fsp3) is 0.417. The average Bonchev–Trinajstić information content (AvgIpc) is 3.25. The molecule has 0 aliphatic heterocycles. The van der Waals surface area contributed by atoms with E-state index in [2.05, 4.69) is 5.32 Å². The molecule has 3 rings (SSSR count). The number of carbonyl (C=O) groups excluding carboxylic acids is 2. The van der Waals surface area contributed by atoms with E-state index in [-0.39, 0.29) is 24.4 Å². The molecule has 1 fully saturated rings. The van der Waals surface area contributed by atoms with E-state index in [1.54, 1.807) is 17.0 Å². The van der Waals surface area contributed by atoms with E-state index in [9.17, 15) is 9.59 Å². The molecule has 0 radical (unpaired) electrons. The third kappa shape index (κ3) is 5.99. The van der Waals surface area contributed by atoms with Gasteiger partial charge in [0.15, 0.2) is 0 Å². The van der Waals surface area contributed by atoms with Gasteiger partial charge in [-0.05, 0) is 36.1 Å². The van der Waals surface area contributed by atoms with E-state index < -0.39 is 6.04 Å². The summed E-state index contributed by atoms with van der Waals surface area (Å²) >= 11 is 12.4. The molecule has 1 atom stereocenters. The summed E-state index contributed by atoms with van der Waals surface area (Å²) in [5.74, 6) is -0.179. The Morgan fingerprint density at radius 3 is 2.43 bits per heavy atom. The molecule has 0 aromatic heterocycles. The van der Waals surface area contributed by atoms with Gasteiger partial charge >= 0.3 is 0 Å². The first-order valence-corrected chi connectivity index (χ1v) is 11.3. The molecule has 1 aliphatic rings. The number of halogens is 2. The lowest BCUT2D eigenvalue weighted by atomic mass is 10.0. The Bertz CT molecular complexity index is 867. The summed E-state index contributed by atoms with van der Waals surface area (Å²) in [4.78, 5) is 27.9. The number of carbonyl (C=O) groups is 2. The average molecular weight is 447 g/mol. The van der Waals surface area contributed by atoms with Crippen molar-refractivity contribution in [3.8, 4) is 0 Å². The predicted molar refractivity (Wildman–Crippen MR) is 122 cm³/mol. The number of hydrogen-bond donors (Lipinski definition) is 1. The second-order valence-corrected chi connectivity index (χ2v) is 8.65. The van der Waals surface area contributed by atoms with E-state index in [4.69, 9.17) is 23.2 Å². The monoisotopic (exact) mass is 446 g/mol. The summed E-state index contributed by atoms with van der Waals surface area (Å²) in [6, 6.07) is 14.6. The zero-order valence-electron chi connectivity index (χ0n) is 17.2. The predicted octanol–water partition coefficient (Wildman–Crippen LogP) is 5.40. The topological polar surface area (TPSA) is 49.4 Å². The van der Waals surface area contributed by atoms with Gasteiger partial charge < -0.3 is 10.2 Å². The van der Waals surface area contributed by atoms with Crippen LogP contribution in [0.25, 0.3) is 0 Å². The third-order valence-electron chi connectivity index (χ3n) is 5.63. The standard InChI is InChI=1S/C24H28Cl2N2O2/c1-2-23(29)28(16-18-12-13-19(25)15-21(18)26)22(14-17-8-4-3-5-9-17)24(30)27-20-10-6-7-11-20/h3-5,8-9,12-13,15,20,22H,2,6-7,10-11,14,16H2,1H3,(H,27,30). The first-order chi connectivity index (χ1) is 14.5. The quantitative estimate of drug-likeness (QED) is 0.589. The van der Waals surface area contributed by atoms with Crippen molar-refractivity contribution in [2.24, 2.45) is 0 Å². The fourth-order valence-electron chi connectivity index (χ4n) is 3.96. The Morgan fingerprint density at radius 1 is 1.10 bits per heavy atom. The van der Waals surface area contributed by atoms with E-state index >= 15 is 0 Å². The Morgan fingerprint density at radius 2 is 1.80 bits per heavy atom. The lowest BCUT2D eigenvalue weighted by Crippen LogP contribution is -2.52. The minimum Gasteiger partial charge on any atom is -0.352 e. The Labute approximate surface area is 188 Å². The minimum absolute atomic E-state index is 0.0801. The van der Waals surface area contributed by atoms with Gasteiger partial charge in [0.25, 0.3) is 0 Å². The summed E-state index contributed by atoms with van der Waals surface area (Å²) in [7, 11) is 0. The number of amides is 2. The van der Waals surface area contributed by atoms with Crippen molar-refractivity contribution >= 4 is 35.0 Å². The third-order valence-corrected chi connectivity index (χ3v) is 6.22. The summed E-state index contributed by atoms with van der Waals surface area (Å²) in [5.41, 5.74) is 1.79. The second-order valence-electron chi connectivity index (χ2n) is 7.81. The molecule has 0 saturated heterocycles. The molecule has 4 nitrogen and oxygen atoms in total. The lowest BCUT2D eigenvalue weighted by Gasteiger charge is -2.32.